The first-order valence-corrected chi connectivity index (χ1v) is 4.32. The first-order valence-electron chi connectivity index (χ1n) is 4.32. The second-order valence-electron chi connectivity index (χ2n) is 2.78. The van der Waals surface area contributed by atoms with E-state index in [0.717, 1.165) is 12.8 Å². The van der Waals surface area contributed by atoms with Crippen molar-refractivity contribution in [1.82, 2.24) is 0 Å². The van der Waals surface area contributed by atoms with Gasteiger partial charge in [-0.1, -0.05) is 31.2 Å². The molecule has 0 aliphatic carbocycles. The number of hydrogen-bond acceptors (Lipinski definition) is 1. The van der Waals surface area contributed by atoms with Crippen LogP contribution in [0, 0.1) is 11.3 Å². The van der Waals surface area contributed by atoms with Gasteiger partial charge in [0.15, 0.2) is 0 Å². The van der Waals surface area contributed by atoms with Crippen LogP contribution in [0.3, 0.4) is 0 Å². The lowest BCUT2D eigenvalue weighted by atomic mass is 10.0. The summed E-state index contributed by atoms with van der Waals surface area (Å²) in [4.78, 5) is 0. The molecule has 1 aromatic carbocycles. The molecule has 1 rings (SSSR count). The molecule has 62 valence electrons. The molecule has 0 spiro atoms. The minimum absolute atomic E-state index is 0.622. The summed E-state index contributed by atoms with van der Waals surface area (Å²) in [5.74, 6) is 0. The largest absolute Gasteiger partial charge is 0.198 e. The van der Waals surface area contributed by atoms with Gasteiger partial charge in [0.25, 0.3) is 0 Å². The summed E-state index contributed by atoms with van der Waals surface area (Å²) >= 11 is 0. The highest BCUT2D eigenvalue weighted by Gasteiger charge is 1.97. The van der Waals surface area contributed by atoms with E-state index in [1.54, 1.807) is 0 Å². The molecule has 0 radical (unpaired) electrons. The molecule has 0 saturated carbocycles. The molecular formula is C11H13N. The van der Waals surface area contributed by atoms with E-state index in [9.17, 15) is 0 Å². The fraction of sp³-hybridized carbons (Fsp3) is 0.364. The molecule has 0 unspecified atom stereocenters. The third-order valence-corrected chi connectivity index (χ3v) is 2.01. The average Bonchev–Trinajstić information content (AvgIpc) is 2.15. The summed E-state index contributed by atoms with van der Waals surface area (Å²) in [7, 11) is 0. The van der Waals surface area contributed by atoms with Gasteiger partial charge in [0.1, 0.15) is 0 Å². The molecule has 0 aliphatic rings. The van der Waals surface area contributed by atoms with E-state index in [4.69, 9.17) is 5.26 Å². The molecule has 1 heteroatoms. The molecule has 12 heavy (non-hydrogen) atoms. The van der Waals surface area contributed by atoms with Crippen molar-refractivity contribution in [3.8, 4) is 6.07 Å². The lowest BCUT2D eigenvalue weighted by Gasteiger charge is -2.03. The number of benzene rings is 1. The van der Waals surface area contributed by atoms with Crippen LogP contribution >= 0.6 is 0 Å². The molecule has 0 atom stereocenters. The minimum Gasteiger partial charge on any atom is -0.198 e. The maximum absolute atomic E-state index is 8.44. The monoisotopic (exact) mass is 159 g/mol. The van der Waals surface area contributed by atoms with Crippen LogP contribution in [0.15, 0.2) is 24.3 Å². The zero-order chi connectivity index (χ0) is 8.81. The Kier molecular flexibility index (Phi) is 3.35. The highest BCUT2D eigenvalue weighted by Crippen LogP contribution is 2.10. The molecule has 0 saturated heterocycles. The van der Waals surface area contributed by atoms with Crippen molar-refractivity contribution in [2.75, 3.05) is 0 Å². The third-order valence-electron chi connectivity index (χ3n) is 2.01. The van der Waals surface area contributed by atoms with Crippen molar-refractivity contribution in [3.63, 3.8) is 0 Å². The van der Waals surface area contributed by atoms with Crippen molar-refractivity contribution in [2.24, 2.45) is 0 Å². The zero-order valence-electron chi connectivity index (χ0n) is 7.38. The molecule has 0 aromatic heterocycles. The molecule has 0 amide bonds. The second-order valence-corrected chi connectivity index (χ2v) is 2.78. The Morgan fingerprint density at radius 3 is 2.50 bits per heavy atom. The summed E-state index contributed by atoms with van der Waals surface area (Å²) in [6, 6.07) is 10.5. The predicted molar refractivity (Wildman–Crippen MR) is 49.8 cm³/mol. The Morgan fingerprint density at radius 2 is 1.92 bits per heavy atom. The number of nitriles is 1. The molecule has 1 nitrogen and oxygen atoms in total. The maximum atomic E-state index is 8.44. The predicted octanol–water partition coefficient (Wildman–Crippen LogP) is 2.71. The van der Waals surface area contributed by atoms with Gasteiger partial charge in [0.05, 0.1) is 6.07 Å². The van der Waals surface area contributed by atoms with Gasteiger partial charge < -0.3 is 0 Å². The average molecular weight is 159 g/mol. The van der Waals surface area contributed by atoms with Gasteiger partial charge in [-0.15, -0.1) is 0 Å². The van der Waals surface area contributed by atoms with Crippen LogP contribution in [0.4, 0.5) is 0 Å². The smallest absolute Gasteiger partial charge is 0.0625 e. The van der Waals surface area contributed by atoms with Gasteiger partial charge in [0.2, 0.25) is 0 Å². The standard InChI is InChI=1S/C11H13N/c1-2-10-6-3-4-7-11(10)8-5-9-12/h3-4,6-7H,2,5,8H2,1H3. The van der Waals surface area contributed by atoms with Crippen LogP contribution in [-0.2, 0) is 12.8 Å². The number of nitrogens with zero attached hydrogens (tertiary/aromatic N) is 1. The topological polar surface area (TPSA) is 23.8 Å². The van der Waals surface area contributed by atoms with Crippen LogP contribution in [0.5, 0.6) is 0 Å². The maximum Gasteiger partial charge on any atom is 0.0625 e. The van der Waals surface area contributed by atoms with Gasteiger partial charge in [-0.05, 0) is 24.0 Å². The lowest BCUT2D eigenvalue weighted by Crippen LogP contribution is -1.91. The number of aryl methyl sites for hydroxylation is 2. The highest BCUT2D eigenvalue weighted by molar-refractivity contribution is 5.27. The number of rotatable bonds is 3. The Morgan fingerprint density at radius 1 is 1.25 bits per heavy atom. The Hall–Kier alpha value is -1.29. The second kappa shape index (κ2) is 4.56. The quantitative estimate of drug-likeness (QED) is 0.665. The highest BCUT2D eigenvalue weighted by atomic mass is 14.2. The van der Waals surface area contributed by atoms with Crippen LogP contribution in [-0.4, -0.2) is 0 Å². The SMILES string of the molecule is CCc1ccccc1CCC#N. The zero-order valence-corrected chi connectivity index (χ0v) is 7.38. The summed E-state index contributed by atoms with van der Waals surface area (Å²) in [5.41, 5.74) is 2.69. The third kappa shape index (κ3) is 2.10. The molecular weight excluding hydrogens is 146 g/mol. The van der Waals surface area contributed by atoms with E-state index in [0.29, 0.717) is 6.42 Å². The first kappa shape index (κ1) is 8.80. The normalized spacial score (nSPS) is 9.33. The Balaban J connectivity index is 2.76. The van der Waals surface area contributed by atoms with E-state index in [-0.39, 0.29) is 0 Å². The summed E-state index contributed by atoms with van der Waals surface area (Å²) in [5, 5.41) is 8.44. The molecule has 0 bridgehead atoms. The van der Waals surface area contributed by atoms with Crippen molar-refractivity contribution in [1.29, 1.82) is 5.26 Å². The first-order chi connectivity index (χ1) is 5.88. The number of hydrogen-bond donors (Lipinski definition) is 0. The summed E-state index contributed by atoms with van der Waals surface area (Å²) < 4.78 is 0. The van der Waals surface area contributed by atoms with Crippen molar-refractivity contribution < 1.29 is 0 Å². The van der Waals surface area contributed by atoms with Crippen LogP contribution < -0.4 is 0 Å². The van der Waals surface area contributed by atoms with Crippen LogP contribution in [0.25, 0.3) is 0 Å². The van der Waals surface area contributed by atoms with E-state index in [2.05, 4.69) is 31.2 Å². The fourth-order valence-corrected chi connectivity index (χ4v) is 1.34. The van der Waals surface area contributed by atoms with Gasteiger partial charge in [-0.2, -0.15) is 5.26 Å². The van der Waals surface area contributed by atoms with Crippen molar-refractivity contribution >= 4 is 0 Å². The Bertz CT molecular complexity index is 283. The molecule has 0 aliphatic heterocycles. The molecule has 1 aromatic rings. The van der Waals surface area contributed by atoms with Gasteiger partial charge in [0, 0.05) is 6.42 Å². The molecule has 0 heterocycles. The van der Waals surface area contributed by atoms with Crippen molar-refractivity contribution in [3.05, 3.63) is 35.4 Å². The van der Waals surface area contributed by atoms with E-state index < -0.39 is 0 Å². The molecule has 0 N–H and O–H groups in total. The van der Waals surface area contributed by atoms with E-state index in [1.807, 2.05) is 6.07 Å². The van der Waals surface area contributed by atoms with Crippen molar-refractivity contribution in [2.45, 2.75) is 26.2 Å². The minimum atomic E-state index is 0.622. The van der Waals surface area contributed by atoms with Crippen LogP contribution in [0.2, 0.25) is 0 Å². The van der Waals surface area contributed by atoms with Gasteiger partial charge in [-0.25, -0.2) is 0 Å². The fourth-order valence-electron chi connectivity index (χ4n) is 1.34. The van der Waals surface area contributed by atoms with Crippen LogP contribution in [0.1, 0.15) is 24.5 Å². The lowest BCUT2D eigenvalue weighted by molar-refractivity contribution is 0.968. The van der Waals surface area contributed by atoms with E-state index in [1.165, 1.54) is 11.1 Å². The van der Waals surface area contributed by atoms with Gasteiger partial charge in [-0.3, -0.25) is 0 Å². The van der Waals surface area contributed by atoms with Gasteiger partial charge >= 0.3 is 0 Å². The molecule has 0 fully saturated rings. The Labute approximate surface area is 73.6 Å². The van der Waals surface area contributed by atoms with E-state index >= 15 is 0 Å². The summed E-state index contributed by atoms with van der Waals surface area (Å²) in [6.07, 6.45) is 2.57. The summed E-state index contributed by atoms with van der Waals surface area (Å²) in [6.45, 7) is 2.14.